The van der Waals surface area contributed by atoms with Crippen molar-refractivity contribution in [2.24, 2.45) is 5.41 Å². The molecule has 1 aromatic carbocycles. The maximum atomic E-state index is 14.9. The number of nitrogens with zero attached hydrogens (tertiary/aromatic N) is 2. The number of nitrogens with one attached hydrogen (secondary N) is 1. The number of carbonyl (C=O) groups excluding carboxylic acids is 3. The Morgan fingerprint density at radius 1 is 1.34 bits per heavy atom. The predicted octanol–water partition coefficient (Wildman–Crippen LogP) is 2.63. The minimum atomic E-state index is -0.548. The summed E-state index contributed by atoms with van der Waals surface area (Å²) < 4.78 is 20.2. The largest absolute Gasteiger partial charge is 0.442 e. The summed E-state index contributed by atoms with van der Waals surface area (Å²) in [5, 5.41) is 2.62. The summed E-state index contributed by atoms with van der Waals surface area (Å²) in [4.78, 5) is 38.5. The molecule has 7 nitrogen and oxygen atoms in total. The summed E-state index contributed by atoms with van der Waals surface area (Å²) in [5.41, 5.74) is 0.921. The van der Waals surface area contributed by atoms with Crippen molar-refractivity contribution in [2.45, 2.75) is 45.1 Å². The fraction of sp³-hybridized carbons (Fsp3) is 0.571. The van der Waals surface area contributed by atoms with E-state index in [1.807, 2.05) is 4.90 Å². The normalized spacial score (nSPS) is 26.9. The fourth-order valence-electron chi connectivity index (χ4n) is 4.76. The zero-order chi connectivity index (χ0) is 20.6. The first-order valence-corrected chi connectivity index (χ1v) is 10.1. The van der Waals surface area contributed by atoms with Crippen molar-refractivity contribution < 1.29 is 23.5 Å². The Morgan fingerprint density at radius 3 is 2.90 bits per heavy atom. The number of hydrogen-bond acceptors (Lipinski definition) is 5. The third-order valence-corrected chi connectivity index (χ3v) is 6.21. The van der Waals surface area contributed by atoms with Crippen LogP contribution in [0.4, 0.5) is 20.6 Å². The van der Waals surface area contributed by atoms with Crippen LogP contribution in [0.1, 0.15) is 39.0 Å². The van der Waals surface area contributed by atoms with Crippen molar-refractivity contribution in [1.82, 2.24) is 5.32 Å². The van der Waals surface area contributed by atoms with Gasteiger partial charge in [0.25, 0.3) is 0 Å². The van der Waals surface area contributed by atoms with Crippen LogP contribution in [0.2, 0.25) is 0 Å². The highest BCUT2D eigenvalue weighted by atomic mass is 19.1. The van der Waals surface area contributed by atoms with Gasteiger partial charge in [0.2, 0.25) is 5.91 Å². The molecule has 8 heteroatoms. The number of Topliss-reactive ketones (excluding diaryl/α,β-unsaturated/α-hetero) is 1. The van der Waals surface area contributed by atoms with Crippen LogP contribution in [0.5, 0.6) is 0 Å². The molecule has 0 radical (unpaired) electrons. The third-order valence-electron chi connectivity index (χ3n) is 6.21. The summed E-state index contributed by atoms with van der Waals surface area (Å²) >= 11 is 0. The topological polar surface area (TPSA) is 79.0 Å². The van der Waals surface area contributed by atoms with Crippen LogP contribution in [0.15, 0.2) is 18.2 Å². The zero-order valence-corrected chi connectivity index (χ0v) is 16.6. The van der Waals surface area contributed by atoms with Crippen LogP contribution in [0, 0.1) is 11.2 Å². The van der Waals surface area contributed by atoms with E-state index in [9.17, 15) is 18.8 Å². The summed E-state index contributed by atoms with van der Waals surface area (Å²) in [6, 6.07) is 4.77. The molecule has 1 spiro atoms. The van der Waals surface area contributed by atoms with Gasteiger partial charge in [-0.1, -0.05) is 0 Å². The molecular weight excluding hydrogens is 377 g/mol. The minimum absolute atomic E-state index is 0.0177. The molecule has 1 aliphatic carbocycles. The number of ketones is 1. The van der Waals surface area contributed by atoms with Gasteiger partial charge in [-0.2, -0.15) is 0 Å². The van der Waals surface area contributed by atoms with E-state index in [0.29, 0.717) is 36.5 Å². The summed E-state index contributed by atoms with van der Waals surface area (Å²) in [7, 11) is 0. The second-order valence-corrected chi connectivity index (χ2v) is 8.43. The third kappa shape index (κ3) is 4.06. The number of amides is 2. The lowest BCUT2D eigenvalue weighted by Gasteiger charge is -2.32. The van der Waals surface area contributed by atoms with Gasteiger partial charge in [0.15, 0.2) is 0 Å². The Morgan fingerprint density at radius 2 is 2.17 bits per heavy atom. The lowest BCUT2D eigenvalue weighted by atomic mass is 9.73. The molecule has 3 fully saturated rings. The Balaban J connectivity index is 1.44. The number of hydrogen-bond donors (Lipinski definition) is 1. The molecule has 0 bridgehead atoms. The predicted molar refractivity (Wildman–Crippen MR) is 105 cm³/mol. The first-order chi connectivity index (χ1) is 13.8. The second-order valence-electron chi connectivity index (χ2n) is 8.43. The number of carbonyl (C=O) groups is 3. The van der Waals surface area contributed by atoms with Crippen molar-refractivity contribution in [3.05, 3.63) is 24.0 Å². The van der Waals surface area contributed by atoms with Gasteiger partial charge in [0.1, 0.15) is 17.7 Å². The Bertz CT molecular complexity index is 845. The van der Waals surface area contributed by atoms with E-state index >= 15 is 0 Å². The highest BCUT2D eigenvalue weighted by Crippen LogP contribution is 2.44. The average molecular weight is 403 g/mol. The van der Waals surface area contributed by atoms with Crippen LogP contribution in [0.25, 0.3) is 0 Å². The number of cyclic esters (lactones) is 1. The van der Waals surface area contributed by atoms with Crippen LogP contribution in [0.3, 0.4) is 0 Å². The molecule has 2 unspecified atom stereocenters. The highest BCUT2D eigenvalue weighted by molar-refractivity contribution is 5.90. The van der Waals surface area contributed by atoms with Gasteiger partial charge in [-0.15, -0.1) is 0 Å². The van der Waals surface area contributed by atoms with E-state index in [0.717, 1.165) is 25.8 Å². The Kier molecular flexibility index (Phi) is 5.19. The Hall–Kier alpha value is -2.64. The molecule has 4 rings (SSSR count). The quantitative estimate of drug-likeness (QED) is 0.836. The fourth-order valence-corrected chi connectivity index (χ4v) is 4.76. The summed E-state index contributed by atoms with van der Waals surface area (Å²) in [5.74, 6) is -0.270. The lowest BCUT2D eigenvalue weighted by Crippen LogP contribution is -2.33. The smallest absolute Gasteiger partial charge is 0.414 e. The molecule has 2 heterocycles. The molecule has 1 saturated carbocycles. The van der Waals surface area contributed by atoms with E-state index in [4.69, 9.17) is 4.74 Å². The molecule has 29 heavy (non-hydrogen) atoms. The van der Waals surface area contributed by atoms with E-state index in [1.165, 1.54) is 17.9 Å². The molecule has 3 aliphatic rings. The van der Waals surface area contributed by atoms with Crippen molar-refractivity contribution >= 4 is 29.2 Å². The van der Waals surface area contributed by atoms with Crippen molar-refractivity contribution in [1.29, 1.82) is 0 Å². The van der Waals surface area contributed by atoms with Crippen LogP contribution < -0.4 is 15.1 Å². The van der Waals surface area contributed by atoms with Crippen molar-refractivity contribution in [2.75, 3.05) is 36.0 Å². The van der Waals surface area contributed by atoms with Gasteiger partial charge in [0.05, 0.1) is 24.5 Å². The first-order valence-electron chi connectivity index (χ1n) is 10.1. The van der Waals surface area contributed by atoms with Gasteiger partial charge < -0.3 is 15.0 Å². The van der Waals surface area contributed by atoms with Gasteiger partial charge in [-0.3, -0.25) is 14.5 Å². The molecule has 0 aromatic heterocycles. The number of halogens is 1. The molecule has 2 amide bonds. The van der Waals surface area contributed by atoms with E-state index in [2.05, 4.69) is 5.32 Å². The maximum absolute atomic E-state index is 14.9. The van der Waals surface area contributed by atoms with E-state index in [1.54, 1.807) is 12.1 Å². The van der Waals surface area contributed by atoms with Gasteiger partial charge in [-0.05, 0) is 42.9 Å². The van der Waals surface area contributed by atoms with Gasteiger partial charge >= 0.3 is 6.09 Å². The van der Waals surface area contributed by atoms with E-state index < -0.39 is 12.2 Å². The minimum Gasteiger partial charge on any atom is -0.442 e. The van der Waals surface area contributed by atoms with Gasteiger partial charge in [0, 0.05) is 32.9 Å². The second kappa shape index (κ2) is 7.65. The SMILES string of the molecule is CC(=O)NCC1CN(c2ccc(N3CCC4(CCCC(=O)C4)C3)c(F)c2)C(=O)O1. The maximum Gasteiger partial charge on any atom is 0.414 e. The van der Waals surface area contributed by atoms with Crippen molar-refractivity contribution in [3.8, 4) is 0 Å². The summed E-state index contributed by atoms with van der Waals surface area (Å²) in [6.07, 6.45) is 3.10. The average Bonchev–Trinajstić information content (AvgIpc) is 3.23. The standard InChI is InChI=1S/C21H26FN3O4/c1-14(26)23-11-17-12-25(20(28)29-17)15-4-5-19(18(22)9-15)24-8-7-21(13-24)6-2-3-16(27)10-21/h4-5,9,17H,2-3,6-8,10-13H2,1H3,(H,23,26). The number of ether oxygens (including phenoxy) is 1. The van der Waals surface area contributed by atoms with Crippen LogP contribution in [-0.4, -0.2) is 50.1 Å². The van der Waals surface area contributed by atoms with Crippen LogP contribution in [-0.2, 0) is 14.3 Å². The zero-order valence-electron chi connectivity index (χ0n) is 16.6. The molecule has 2 aliphatic heterocycles. The van der Waals surface area contributed by atoms with Gasteiger partial charge in [-0.25, -0.2) is 9.18 Å². The lowest BCUT2D eigenvalue weighted by molar-refractivity contribution is -0.123. The van der Waals surface area contributed by atoms with Crippen LogP contribution >= 0.6 is 0 Å². The number of rotatable bonds is 4. The van der Waals surface area contributed by atoms with Crippen molar-refractivity contribution in [3.63, 3.8) is 0 Å². The molecule has 1 aromatic rings. The molecule has 1 N–H and O–H groups in total. The molecule has 2 atom stereocenters. The molecular formula is C21H26FN3O4. The Labute approximate surface area is 169 Å². The number of benzene rings is 1. The van der Waals surface area contributed by atoms with E-state index in [-0.39, 0.29) is 30.2 Å². The highest BCUT2D eigenvalue weighted by Gasteiger charge is 2.42. The first kappa shape index (κ1) is 19.7. The monoisotopic (exact) mass is 403 g/mol. The number of anilines is 2. The molecule has 156 valence electrons. The summed E-state index contributed by atoms with van der Waals surface area (Å²) in [6.45, 7) is 3.31. The molecule has 2 saturated heterocycles.